The van der Waals surface area contributed by atoms with Crippen LogP contribution in [0.5, 0.6) is 5.75 Å². The first kappa shape index (κ1) is 12.8. The van der Waals surface area contributed by atoms with E-state index >= 15 is 0 Å². The molecule has 4 nitrogen and oxygen atoms in total. The topological polar surface area (TPSA) is 72.0 Å². The summed E-state index contributed by atoms with van der Waals surface area (Å²) in [7, 11) is 0. The number of thiazole rings is 1. The van der Waals surface area contributed by atoms with Crippen LogP contribution in [0.15, 0.2) is 17.0 Å². The van der Waals surface area contributed by atoms with E-state index < -0.39 is 5.82 Å². The monoisotopic (exact) mass is 285 g/mol. The smallest absolute Gasteiger partial charge is 0.190 e. The summed E-state index contributed by atoms with van der Waals surface area (Å²) in [4.78, 5) is 4.01. The number of aromatic nitrogens is 1. The number of rotatable bonds is 4. The Morgan fingerprint density at radius 2 is 2.39 bits per heavy atom. The number of anilines is 1. The number of hydrogen-bond donors (Lipinski definition) is 2. The lowest BCUT2D eigenvalue weighted by Gasteiger charge is -2.11. The van der Waals surface area contributed by atoms with Crippen molar-refractivity contribution in [1.82, 2.24) is 4.98 Å². The summed E-state index contributed by atoms with van der Waals surface area (Å²) in [6, 6.07) is 1.39. The second-order valence-corrected chi connectivity index (χ2v) is 4.54. The molecule has 0 unspecified atom stereocenters. The summed E-state index contributed by atoms with van der Waals surface area (Å²) < 4.78 is 19.2. The molecule has 7 heteroatoms. The zero-order chi connectivity index (χ0) is 13.1. The number of hydrogen-bond acceptors (Lipinski definition) is 5. The van der Waals surface area contributed by atoms with Crippen molar-refractivity contribution in [3.05, 3.63) is 39.1 Å². The molecule has 0 fully saturated rings. The highest BCUT2D eigenvalue weighted by Gasteiger charge is 2.16. The van der Waals surface area contributed by atoms with Crippen molar-refractivity contribution < 1.29 is 9.13 Å². The van der Waals surface area contributed by atoms with Crippen LogP contribution in [0.1, 0.15) is 11.3 Å². The number of nitrogens with zero attached hydrogens (tertiary/aromatic N) is 1. The van der Waals surface area contributed by atoms with Crippen LogP contribution in [0.4, 0.5) is 10.1 Å². The van der Waals surface area contributed by atoms with Crippen LogP contribution in [-0.4, -0.2) is 11.2 Å². The molecule has 0 aliphatic heterocycles. The number of ether oxygens (including phenoxy) is 1. The molecule has 0 saturated carbocycles. The van der Waals surface area contributed by atoms with Gasteiger partial charge in [0.2, 0.25) is 0 Å². The molecule has 0 amide bonds. The van der Waals surface area contributed by atoms with Crippen molar-refractivity contribution >= 4 is 34.8 Å². The van der Waals surface area contributed by atoms with Crippen LogP contribution < -0.4 is 10.5 Å². The lowest BCUT2D eigenvalue weighted by molar-refractivity contribution is 0.287. The minimum Gasteiger partial charge on any atom is -0.483 e. The Kier molecular flexibility index (Phi) is 3.78. The van der Waals surface area contributed by atoms with Crippen molar-refractivity contribution in [2.45, 2.75) is 6.61 Å². The van der Waals surface area contributed by atoms with Gasteiger partial charge in [0, 0.05) is 17.2 Å². The van der Waals surface area contributed by atoms with E-state index in [0.29, 0.717) is 5.69 Å². The second-order valence-electron chi connectivity index (χ2n) is 3.42. The Balaban J connectivity index is 2.28. The van der Waals surface area contributed by atoms with Crippen molar-refractivity contribution in [3.8, 4) is 5.75 Å². The molecule has 2 aromatic rings. The number of nitrogens with two attached hydrogens (primary N) is 1. The van der Waals surface area contributed by atoms with Gasteiger partial charge in [0.15, 0.2) is 11.6 Å². The summed E-state index contributed by atoms with van der Waals surface area (Å²) in [5, 5.41) is 8.96. The van der Waals surface area contributed by atoms with Gasteiger partial charge in [-0.15, -0.1) is 11.3 Å². The van der Waals surface area contributed by atoms with E-state index in [4.69, 9.17) is 27.5 Å². The maximum Gasteiger partial charge on any atom is 0.190 e. The van der Waals surface area contributed by atoms with Gasteiger partial charge in [0.25, 0.3) is 0 Å². The third kappa shape index (κ3) is 2.44. The molecular formula is C11H9ClFN3OS. The molecule has 2 rings (SSSR count). The highest BCUT2D eigenvalue weighted by molar-refractivity contribution is 7.07. The predicted molar refractivity (Wildman–Crippen MR) is 70.2 cm³/mol. The number of benzene rings is 1. The van der Waals surface area contributed by atoms with Gasteiger partial charge in [0.05, 0.1) is 21.9 Å². The molecule has 0 aliphatic carbocycles. The number of nitrogens with one attached hydrogen (secondary N) is 1. The summed E-state index contributed by atoms with van der Waals surface area (Å²) in [5.74, 6) is -0.871. The van der Waals surface area contributed by atoms with E-state index in [0.717, 1.165) is 6.21 Å². The van der Waals surface area contributed by atoms with E-state index in [-0.39, 0.29) is 28.6 Å². The zero-order valence-electron chi connectivity index (χ0n) is 9.11. The Morgan fingerprint density at radius 1 is 1.61 bits per heavy atom. The zero-order valence-corrected chi connectivity index (χ0v) is 10.7. The molecular weight excluding hydrogens is 277 g/mol. The van der Waals surface area contributed by atoms with Gasteiger partial charge in [0.1, 0.15) is 6.61 Å². The highest BCUT2D eigenvalue weighted by atomic mass is 35.5. The van der Waals surface area contributed by atoms with Gasteiger partial charge in [-0.2, -0.15) is 0 Å². The Bertz CT molecular complexity index is 574. The fourth-order valence-corrected chi connectivity index (χ4v) is 2.14. The van der Waals surface area contributed by atoms with E-state index in [1.165, 1.54) is 17.4 Å². The van der Waals surface area contributed by atoms with Crippen molar-refractivity contribution in [1.29, 1.82) is 5.41 Å². The van der Waals surface area contributed by atoms with Gasteiger partial charge < -0.3 is 15.9 Å². The molecule has 3 N–H and O–H groups in total. The van der Waals surface area contributed by atoms with Gasteiger partial charge in [-0.3, -0.25) is 0 Å². The summed E-state index contributed by atoms with van der Waals surface area (Å²) in [5.41, 5.74) is 7.95. The molecule has 0 bridgehead atoms. The standard InChI is InChI=1S/C11H9ClFN3OS/c12-8-1-6(2-14)10(15)9(13)11(8)17-3-7-4-18-5-16-7/h1-2,4-5,14H,3,15H2. The second kappa shape index (κ2) is 5.32. The van der Waals surface area contributed by atoms with Crippen molar-refractivity contribution in [2.24, 2.45) is 0 Å². The van der Waals surface area contributed by atoms with Gasteiger partial charge in [-0.25, -0.2) is 9.37 Å². The average molecular weight is 286 g/mol. The van der Waals surface area contributed by atoms with Crippen molar-refractivity contribution in [3.63, 3.8) is 0 Å². The van der Waals surface area contributed by atoms with Crippen LogP contribution in [0.3, 0.4) is 0 Å². The Morgan fingerprint density at radius 3 is 3.00 bits per heavy atom. The molecule has 0 saturated heterocycles. The number of halogens is 2. The largest absolute Gasteiger partial charge is 0.483 e. The third-order valence-electron chi connectivity index (χ3n) is 2.25. The first-order valence-corrected chi connectivity index (χ1v) is 6.23. The van der Waals surface area contributed by atoms with Gasteiger partial charge in [-0.05, 0) is 6.07 Å². The van der Waals surface area contributed by atoms with Gasteiger partial charge in [-0.1, -0.05) is 11.6 Å². The molecule has 1 aromatic carbocycles. The molecule has 18 heavy (non-hydrogen) atoms. The minimum absolute atomic E-state index is 0.0791. The third-order valence-corrected chi connectivity index (χ3v) is 3.17. The molecule has 0 aliphatic rings. The normalized spacial score (nSPS) is 10.3. The van der Waals surface area contributed by atoms with Crippen molar-refractivity contribution in [2.75, 3.05) is 5.73 Å². The van der Waals surface area contributed by atoms with Crippen LogP contribution in [0.2, 0.25) is 5.02 Å². The fourth-order valence-electron chi connectivity index (χ4n) is 1.34. The van der Waals surface area contributed by atoms with E-state index in [1.54, 1.807) is 10.9 Å². The Hall–Kier alpha value is -1.66. The lowest BCUT2D eigenvalue weighted by Crippen LogP contribution is -2.03. The van der Waals surface area contributed by atoms with Gasteiger partial charge >= 0.3 is 0 Å². The molecule has 0 radical (unpaired) electrons. The number of nitrogen functional groups attached to an aromatic ring is 1. The van der Waals surface area contributed by atoms with E-state index in [9.17, 15) is 4.39 Å². The SMILES string of the molecule is N=Cc1cc(Cl)c(OCc2cscn2)c(F)c1N. The average Bonchev–Trinajstić information content (AvgIpc) is 2.86. The first-order chi connectivity index (χ1) is 8.63. The fraction of sp³-hybridized carbons (Fsp3) is 0.0909. The molecule has 0 atom stereocenters. The predicted octanol–water partition coefficient (Wildman–Crippen LogP) is 3.09. The van der Waals surface area contributed by atoms with Crippen LogP contribution in [0.25, 0.3) is 0 Å². The summed E-state index contributed by atoms with van der Waals surface area (Å²) >= 11 is 7.30. The Labute approximate surface area is 112 Å². The molecule has 94 valence electrons. The quantitative estimate of drug-likeness (QED) is 0.670. The molecule has 1 aromatic heterocycles. The molecule has 1 heterocycles. The maximum absolute atomic E-state index is 13.9. The summed E-state index contributed by atoms with van der Waals surface area (Å²) in [6.07, 6.45) is 0.939. The highest BCUT2D eigenvalue weighted by Crippen LogP contribution is 2.34. The lowest BCUT2D eigenvalue weighted by atomic mass is 10.2. The maximum atomic E-state index is 13.9. The van der Waals surface area contributed by atoms with Crippen LogP contribution >= 0.6 is 22.9 Å². The van der Waals surface area contributed by atoms with Crippen LogP contribution in [0, 0.1) is 11.2 Å². The van der Waals surface area contributed by atoms with E-state index in [1.807, 2.05) is 0 Å². The summed E-state index contributed by atoms with van der Waals surface area (Å²) in [6.45, 7) is 0.115. The van der Waals surface area contributed by atoms with E-state index in [2.05, 4.69) is 4.98 Å². The minimum atomic E-state index is -0.753. The van der Waals surface area contributed by atoms with Crippen LogP contribution in [-0.2, 0) is 6.61 Å². The first-order valence-electron chi connectivity index (χ1n) is 4.91. The molecule has 0 spiro atoms.